The average molecular weight is 282 g/mol. The molecule has 0 aliphatic heterocycles. The number of ether oxygens (including phenoxy) is 2. The van der Waals surface area contributed by atoms with Gasteiger partial charge < -0.3 is 14.6 Å². The minimum absolute atomic E-state index is 0.180. The first-order valence-electron chi connectivity index (χ1n) is 5.72. The Hall–Kier alpha value is -1.59. The molecule has 1 atom stereocenters. The monoisotopic (exact) mass is 282 g/mol. The molecule has 0 spiro atoms. The van der Waals surface area contributed by atoms with Crippen molar-refractivity contribution in [2.75, 3.05) is 14.2 Å². The zero-order chi connectivity index (χ0) is 14.0. The highest BCUT2D eigenvalue weighted by Crippen LogP contribution is 2.36. The quantitative estimate of drug-likeness (QED) is 0.935. The van der Waals surface area contributed by atoms with Crippen LogP contribution in [0.3, 0.4) is 0 Å². The Morgan fingerprint density at radius 2 is 1.79 bits per heavy atom. The second kappa shape index (κ2) is 5.59. The number of halogens is 1. The fraction of sp³-hybridized carbons (Fsp3) is 0.286. The molecule has 102 valence electrons. The van der Waals surface area contributed by atoms with E-state index in [4.69, 9.17) is 9.47 Å². The van der Waals surface area contributed by atoms with Gasteiger partial charge in [0.1, 0.15) is 11.9 Å². The van der Waals surface area contributed by atoms with Gasteiger partial charge >= 0.3 is 0 Å². The summed E-state index contributed by atoms with van der Waals surface area (Å²) < 4.78 is 24.1. The zero-order valence-electron chi connectivity index (χ0n) is 10.9. The summed E-state index contributed by atoms with van der Waals surface area (Å²) >= 11 is 1.43. The lowest BCUT2D eigenvalue weighted by Gasteiger charge is -2.14. The largest absolute Gasteiger partial charge is 0.493 e. The van der Waals surface area contributed by atoms with Crippen molar-refractivity contribution in [1.82, 2.24) is 0 Å². The van der Waals surface area contributed by atoms with E-state index in [9.17, 15) is 9.50 Å². The number of rotatable bonds is 4. The van der Waals surface area contributed by atoms with Gasteiger partial charge in [-0.1, -0.05) is 0 Å². The minimum Gasteiger partial charge on any atom is -0.493 e. The maximum atomic E-state index is 14.0. The van der Waals surface area contributed by atoms with E-state index in [1.807, 2.05) is 13.0 Å². The highest BCUT2D eigenvalue weighted by atomic mass is 32.1. The molecule has 0 fully saturated rings. The predicted octanol–water partition coefficient (Wildman–Crippen LogP) is 3.29. The maximum Gasteiger partial charge on any atom is 0.163 e. The third-order valence-corrected chi connectivity index (χ3v) is 3.88. The van der Waals surface area contributed by atoms with Gasteiger partial charge in [0.25, 0.3) is 0 Å². The Bertz CT molecular complexity index is 580. The summed E-state index contributed by atoms with van der Waals surface area (Å²) in [7, 11) is 2.91. The van der Waals surface area contributed by atoms with Crippen molar-refractivity contribution < 1.29 is 19.0 Å². The highest BCUT2D eigenvalue weighted by Gasteiger charge is 2.20. The van der Waals surface area contributed by atoms with Crippen molar-refractivity contribution in [2.45, 2.75) is 13.0 Å². The molecule has 19 heavy (non-hydrogen) atoms. The predicted molar refractivity (Wildman–Crippen MR) is 72.6 cm³/mol. The van der Waals surface area contributed by atoms with Crippen molar-refractivity contribution in [1.29, 1.82) is 0 Å². The molecular formula is C14H15FO3S. The Balaban J connectivity index is 2.44. The number of methoxy groups -OCH3 is 2. The van der Waals surface area contributed by atoms with Gasteiger partial charge in [-0.2, -0.15) is 0 Å². The number of hydrogen-bond donors (Lipinski definition) is 1. The standard InChI is InChI=1S/C14H15FO3S/c1-8-4-5-13(19-8)14(16)9-6-11(17-2)12(18-3)7-10(9)15/h4-7,14,16H,1-3H3. The van der Waals surface area contributed by atoms with E-state index < -0.39 is 11.9 Å². The van der Waals surface area contributed by atoms with Crippen molar-refractivity contribution in [3.8, 4) is 11.5 Å². The Labute approximate surface area is 115 Å². The van der Waals surface area contributed by atoms with Gasteiger partial charge in [0.15, 0.2) is 11.5 Å². The topological polar surface area (TPSA) is 38.7 Å². The van der Waals surface area contributed by atoms with Crippen LogP contribution in [0.2, 0.25) is 0 Å². The second-order valence-corrected chi connectivity index (χ2v) is 5.40. The van der Waals surface area contributed by atoms with Crippen LogP contribution in [0.25, 0.3) is 0 Å². The van der Waals surface area contributed by atoms with Crippen molar-refractivity contribution in [2.24, 2.45) is 0 Å². The molecule has 0 radical (unpaired) electrons. The Morgan fingerprint density at radius 3 is 2.32 bits per heavy atom. The molecular weight excluding hydrogens is 267 g/mol. The summed E-state index contributed by atoms with van der Waals surface area (Å²) in [6, 6.07) is 6.37. The fourth-order valence-electron chi connectivity index (χ4n) is 1.83. The molecule has 0 aliphatic carbocycles. The number of aliphatic hydroxyl groups is 1. The van der Waals surface area contributed by atoms with E-state index in [0.717, 1.165) is 4.88 Å². The number of thiophene rings is 1. The maximum absolute atomic E-state index is 14.0. The van der Waals surface area contributed by atoms with Crippen LogP contribution < -0.4 is 9.47 Å². The van der Waals surface area contributed by atoms with Gasteiger partial charge in [0, 0.05) is 21.4 Å². The van der Waals surface area contributed by atoms with Crippen LogP contribution in [0.5, 0.6) is 11.5 Å². The number of aliphatic hydroxyl groups excluding tert-OH is 1. The molecule has 1 unspecified atom stereocenters. The van der Waals surface area contributed by atoms with E-state index in [1.54, 1.807) is 6.07 Å². The molecule has 0 saturated carbocycles. The molecule has 2 rings (SSSR count). The summed E-state index contributed by atoms with van der Waals surface area (Å²) in [5.41, 5.74) is 0.180. The zero-order valence-corrected chi connectivity index (χ0v) is 11.8. The molecule has 0 bridgehead atoms. The van der Waals surface area contributed by atoms with Crippen molar-refractivity contribution >= 4 is 11.3 Å². The van der Waals surface area contributed by atoms with Crippen LogP contribution in [0, 0.1) is 12.7 Å². The molecule has 0 aliphatic rings. The second-order valence-electron chi connectivity index (χ2n) is 4.08. The van der Waals surface area contributed by atoms with Gasteiger partial charge in [0.05, 0.1) is 14.2 Å². The molecule has 5 heteroatoms. The van der Waals surface area contributed by atoms with Crippen LogP contribution in [0.4, 0.5) is 4.39 Å². The normalized spacial score (nSPS) is 12.3. The van der Waals surface area contributed by atoms with Gasteiger partial charge in [-0.25, -0.2) is 4.39 Å². The minimum atomic E-state index is -1.00. The SMILES string of the molecule is COc1cc(F)c(C(O)c2ccc(C)s2)cc1OC. The average Bonchev–Trinajstić information content (AvgIpc) is 2.84. The summed E-state index contributed by atoms with van der Waals surface area (Å²) in [5.74, 6) is 0.181. The Kier molecular flexibility index (Phi) is 4.07. The first-order chi connectivity index (χ1) is 9.06. The van der Waals surface area contributed by atoms with E-state index in [-0.39, 0.29) is 5.56 Å². The van der Waals surface area contributed by atoms with Gasteiger partial charge in [0.2, 0.25) is 0 Å². The van der Waals surface area contributed by atoms with Crippen molar-refractivity contribution in [3.05, 3.63) is 45.4 Å². The Morgan fingerprint density at radius 1 is 1.16 bits per heavy atom. The molecule has 1 N–H and O–H groups in total. The van der Waals surface area contributed by atoms with E-state index >= 15 is 0 Å². The lowest BCUT2D eigenvalue weighted by Crippen LogP contribution is -2.02. The van der Waals surface area contributed by atoms with Gasteiger partial charge in [-0.3, -0.25) is 0 Å². The summed E-state index contributed by atoms with van der Waals surface area (Å²) in [6.45, 7) is 1.94. The van der Waals surface area contributed by atoms with Gasteiger partial charge in [-0.05, 0) is 25.1 Å². The summed E-state index contributed by atoms with van der Waals surface area (Å²) in [6.07, 6.45) is -1.00. The first kappa shape index (κ1) is 13.8. The van der Waals surface area contributed by atoms with Crippen molar-refractivity contribution in [3.63, 3.8) is 0 Å². The van der Waals surface area contributed by atoms with Crippen LogP contribution in [0.1, 0.15) is 21.4 Å². The third kappa shape index (κ3) is 2.72. The summed E-state index contributed by atoms with van der Waals surface area (Å²) in [5, 5.41) is 10.2. The first-order valence-corrected chi connectivity index (χ1v) is 6.54. The van der Waals surface area contributed by atoms with E-state index in [2.05, 4.69) is 0 Å². The number of aryl methyl sites for hydroxylation is 1. The molecule has 0 saturated heterocycles. The lowest BCUT2D eigenvalue weighted by atomic mass is 10.1. The van der Waals surface area contributed by atoms with E-state index in [0.29, 0.717) is 16.4 Å². The van der Waals surface area contributed by atoms with Crippen LogP contribution in [0.15, 0.2) is 24.3 Å². The third-order valence-electron chi connectivity index (χ3n) is 2.83. The summed E-state index contributed by atoms with van der Waals surface area (Å²) in [4.78, 5) is 1.76. The fourth-order valence-corrected chi connectivity index (χ4v) is 2.72. The molecule has 3 nitrogen and oxygen atoms in total. The number of benzene rings is 1. The smallest absolute Gasteiger partial charge is 0.163 e. The molecule has 1 aromatic heterocycles. The molecule has 1 aromatic carbocycles. The highest BCUT2D eigenvalue weighted by molar-refractivity contribution is 7.12. The number of hydrogen-bond acceptors (Lipinski definition) is 4. The van der Waals surface area contributed by atoms with E-state index in [1.165, 1.54) is 37.7 Å². The molecule has 2 aromatic rings. The van der Waals surface area contributed by atoms with Gasteiger partial charge in [-0.15, -0.1) is 11.3 Å². The lowest BCUT2D eigenvalue weighted by molar-refractivity contribution is 0.217. The van der Waals surface area contributed by atoms with Crippen LogP contribution in [-0.2, 0) is 0 Å². The van der Waals surface area contributed by atoms with Crippen LogP contribution in [-0.4, -0.2) is 19.3 Å². The molecule has 1 heterocycles. The van der Waals surface area contributed by atoms with Crippen LogP contribution >= 0.6 is 11.3 Å². The molecule has 0 amide bonds.